The van der Waals surface area contributed by atoms with Gasteiger partial charge in [0.25, 0.3) is 0 Å². The molecule has 2 aliphatic heterocycles. The van der Waals surface area contributed by atoms with Crippen molar-refractivity contribution in [2.75, 3.05) is 26.2 Å². The third-order valence-electron chi connectivity index (χ3n) is 6.87. The highest BCUT2D eigenvalue weighted by molar-refractivity contribution is 5.91. The topological polar surface area (TPSA) is 109 Å². The van der Waals surface area contributed by atoms with E-state index in [9.17, 15) is 10.1 Å². The Bertz CT molecular complexity index is 1260. The molecule has 9 nitrogen and oxygen atoms in total. The SMILES string of the molecule is C.Cc1cc(-c2nc(C#N)nc3c2ccn3C)cnc1OCC1CCN(C(=O)[C@@H]2CCCN2)CC1.Cl. The summed E-state index contributed by atoms with van der Waals surface area (Å²) in [6.07, 6.45) is 7.57. The third-order valence-corrected chi connectivity index (χ3v) is 6.87. The Kier molecular flexibility index (Phi) is 8.88. The normalized spacial score (nSPS) is 17.8. The maximum absolute atomic E-state index is 12.6. The number of aromatic nitrogens is 4. The highest BCUT2D eigenvalue weighted by Gasteiger charge is 2.30. The average Bonchev–Trinajstić information content (AvgIpc) is 3.53. The number of nitrogens with zero attached hydrogens (tertiary/aromatic N) is 6. The predicted molar refractivity (Wildman–Crippen MR) is 141 cm³/mol. The molecule has 10 heteroatoms. The first kappa shape index (κ1) is 27.4. The van der Waals surface area contributed by atoms with Crippen LogP contribution in [-0.4, -0.2) is 62.6 Å². The summed E-state index contributed by atoms with van der Waals surface area (Å²) in [5.41, 5.74) is 3.15. The van der Waals surface area contributed by atoms with Crippen molar-refractivity contribution in [2.45, 2.75) is 46.1 Å². The molecule has 0 unspecified atom stereocenters. The maximum atomic E-state index is 12.6. The molecule has 0 radical (unpaired) electrons. The second-order valence-electron chi connectivity index (χ2n) is 9.25. The molecule has 192 valence electrons. The Morgan fingerprint density at radius 1 is 1.28 bits per heavy atom. The summed E-state index contributed by atoms with van der Waals surface area (Å²) in [5, 5.41) is 13.5. The van der Waals surface area contributed by atoms with Crippen LogP contribution in [0.3, 0.4) is 0 Å². The van der Waals surface area contributed by atoms with Gasteiger partial charge in [0.1, 0.15) is 11.7 Å². The molecule has 0 aliphatic carbocycles. The maximum Gasteiger partial charge on any atom is 0.239 e. The molecule has 3 aromatic rings. The number of rotatable bonds is 5. The lowest BCUT2D eigenvalue weighted by Gasteiger charge is -2.33. The summed E-state index contributed by atoms with van der Waals surface area (Å²) in [5.74, 6) is 1.40. The zero-order valence-corrected chi connectivity index (χ0v) is 20.8. The molecule has 5 rings (SSSR count). The van der Waals surface area contributed by atoms with Gasteiger partial charge in [0, 0.05) is 49.0 Å². The molecule has 1 atom stereocenters. The van der Waals surface area contributed by atoms with E-state index in [1.807, 2.05) is 47.8 Å². The van der Waals surface area contributed by atoms with E-state index >= 15 is 0 Å². The van der Waals surface area contributed by atoms with E-state index in [0.717, 1.165) is 61.8 Å². The van der Waals surface area contributed by atoms with E-state index in [-0.39, 0.29) is 37.6 Å². The Hall–Kier alpha value is -3.22. The molecule has 3 aromatic heterocycles. The van der Waals surface area contributed by atoms with E-state index in [2.05, 4.69) is 20.3 Å². The summed E-state index contributed by atoms with van der Waals surface area (Å²) in [6.45, 7) is 5.08. The average molecular weight is 512 g/mol. The van der Waals surface area contributed by atoms with Gasteiger partial charge in [0.2, 0.25) is 17.6 Å². The lowest BCUT2D eigenvalue weighted by Crippen LogP contribution is -2.47. The number of fused-ring (bicyclic) bond motifs is 1. The van der Waals surface area contributed by atoms with Crippen LogP contribution in [0.1, 0.15) is 44.5 Å². The summed E-state index contributed by atoms with van der Waals surface area (Å²) in [6, 6.07) is 6.00. The smallest absolute Gasteiger partial charge is 0.239 e. The number of hydrogen-bond acceptors (Lipinski definition) is 7. The first-order valence-electron chi connectivity index (χ1n) is 11.9. The van der Waals surface area contributed by atoms with Crippen LogP contribution in [-0.2, 0) is 11.8 Å². The van der Waals surface area contributed by atoms with Crippen LogP contribution in [0, 0.1) is 24.2 Å². The molecule has 2 fully saturated rings. The van der Waals surface area contributed by atoms with E-state index in [1.165, 1.54) is 0 Å². The lowest BCUT2D eigenvalue weighted by molar-refractivity contribution is -0.134. The number of aryl methyl sites for hydroxylation is 2. The molecule has 0 aromatic carbocycles. The second kappa shape index (κ2) is 11.7. The first-order valence-corrected chi connectivity index (χ1v) is 11.9. The number of carbonyl (C=O) groups is 1. The van der Waals surface area contributed by atoms with Crippen LogP contribution in [0.4, 0.5) is 0 Å². The highest BCUT2D eigenvalue weighted by atomic mass is 35.5. The van der Waals surface area contributed by atoms with Crippen molar-refractivity contribution in [3.05, 3.63) is 35.9 Å². The number of nitrogens with one attached hydrogen (secondary N) is 1. The number of likely N-dealkylation sites (tertiary alicyclic amines) is 1. The monoisotopic (exact) mass is 511 g/mol. The van der Waals surface area contributed by atoms with Gasteiger partial charge in [0.05, 0.1) is 18.3 Å². The van der Waals surface area contributed by atoms with Gasteiger partial charge >= 0.3 is 0 Å². The Labute approximate surface area is 218 Å². The highest BCUT2D eigenvalue weighted by Crippen LogP contribution is 2.29. The minimum absolute atomic E-state index is 0. The van der Waals surface area contributed by atoms with Crippen molar-refractivity contribution >= 4 is 29.3 Å². The molecule has 2 aliphatic rings. The fraction of sp³-hybridized carbons (Fsp3) is 0.500. The Morgan fingerprint density at radius 3 is 2.72 bits per heavy atom. The number of nitriles is 1. The minimum atomic E-state index is 0. The molecule has 2 saturated heterocycles. The molecular formula is C26H34ClN7O2. The number of hydrogen-bond donors (Lipinski definition) is 1. The summed E-state index contributed by atoms with van der Waals surface area (Å²) >= 11 is 0. The third kappa shape index (κ3) is 5.45. The van der Waals surface area contributed by atoms with Gasteiger partial charge < -0.3 is 19.5 Å². The van der Waals surface area contributed by atoms with Crippen molar-refractivity contribution < 1.29 is 9.53 Å². The van der Waals surface area contributed by atoms with Crippen LogP contribution in [0.5, 0.6) is 5.88 Å². The van der Waals surface area contributed by atoms with Crippen molar-refractivity contribution in [1.82, 2.24) is 29.7 Å². The van der Waals surface area contributed by atoms with E-state index < -0.39 is 0 Å². The Morgan fingerprint density at radius 2 is 2.06 bits per heavy atom. The van der Waals surface area contributed by atoms with Gasteiger partial charge in [-0.25, -0.2) is 15.0 Å². The number of pyridine rings is 1. The van der Waals surface area contributed by atoms with E-state index in [1.54, 1.807) is 6.20 Å². The lowest BCUT2D eigenvalue weighted by atomic mass is 9.97. The zero-order valence-electron chi connectivity index (χ0n) is 20.0. The summed E-state index contributed by atoms with van der Waals surface area (Å²) < 4.78 is 7.96. The van der Waals surface area contributed by atoms with Crippen molar-refractivity contribution in [3.8, 4) is 23.2 Å². The van der Waals surface area contributed by atoms with Gasteiger partial charge in [0.15, 0.2) is 0 Å². The Balaban J connectivity index is 0.00000180. The van der Waals surface area contributed by atoms with Gasteiger partial charge in [-0.3, -0.25) is 4.79 Å². The standard InChI is InChI=1S/C25H29N7O2.CH4.ClH/c1-16-12-18(22-19-7-9-31(2)23(19)30-21(13-26)29-22)14-28-24(16)34-15-17-5-10-32(11-6-17)25(33)20-4-3-8-27-20;;/h7,9,12,14,17,20,27H,3-6,8,10-11,15H2,1-2H3;1H4;1H/t20-;;/m0../s1. The summed E-state index contributed by atoms with van der Waals surface area (Å²) in [4.78, 5) is 27.9. The van der Waals surface area contributed by atoms with Gasteiger partial charge in [-0.15, -0.1) is 12.4 Å². The molecule has 0 bridgehead atoms. The van der Waals surface area contributed by atoms with Crippen LogP contribution in [0.25, 0.3) is 22.3 Å². The molecule has 1 N–H and O–H groups in total. The number of piperidine rings is 1. The number of halogens is 1. The molecule has 5 heterocycles. The summed E-state index contributed by atoms with van der Waals surface area (Å²) in [7, 11) is 1.90. The van der Waals surface area contributed by atoms with Crippen LogP contribution in [0.15, 0.2) is 24.5 Å². The predicted octanol–water partition coefficient (Wildman–Crippen LogP) is 3.64. The first-order chi connectivity index (χ1) is 16.5. The van der Waals surface area contributed by atoms with E-state index in [0.29, 0.717) is 29.7 Å². The molecule has 0 spiro atoms. The van der Waals surface area contributed by atoms with E-state index in [4.69, 9.17) is 4.74 Å². The van der Waals surface area contributed by atoms with Crippen molar-refractivity contribution in [2.24, 2.45) is 13.0 Å². The molecule has 0 saturated carbocycles. The van der Waals surface area contributed by atoms with Crippen LogP contribution >= 0.6 is 12.4 Å². The molecule has 36 heavy (non-hydrogen) atoms. The van der Waals surface area contributed by atoms with Crippen LogP contribution in [0.2, 0.25) is 0 Å². The number of amides is 1. The quantitative estimate of drug-likeness (QED) is 0.557. The molecule has 1 amide bonds. The largest absolute Gasteiger partial charge is 0.477 e. The van der Waals surface area contributed by atoms with Crippen molar-refractivity contribution in [1.29, 1.82) is 5.26 Å². The second-order valence-corrected chi connectivity index (χ2v) is 9.25. The fourth-order valence-electron chi connectivity index (χ4n) is 4.88. The zero-order chi connectivity index (χ0) is 23.7. The van der Waals surface area contributed by atoms with Crippen molar-refractivity contribution in [3.63, 3.8) is 0 Å². The van der Waals surface area contributed by atoms with Gasteiger partial charge in [-0.2, -0.15) is 5.26 Å². The van der Waals surface area contributed by atoms with Gasteiger partial charge in [-0.05, 0) is 57.2 Å². The molecular weight excluding hydrogens is 478 g/mol. The fourth-order valence-corrected chi connectivity index (χ4v) is 4.88. The number of carbonyl (C=O) groups excluding carboxylic acids is 1. The van der Waals surface area contributed by atoms with Crippen LogP contribution < -0.4 is 10.1 Å². The van der Waals surface area contributed by atoms with Gasteiger partial charge in [-0.1, -0.05) is 7.43 Å². The minimum Gasteiger partial charge on any atom is -0.477 e. The number of ether oxygens (including phenoxy) is 1.